The summed E-state index contributed by atoms with van der Waals surface area (Å²) in [6.45, 7) is 2.13. The Morgan fingerprint density at radius 3 is 2.75 bits per heavy atom. The fourth-order valence-corrected chi connectivity index (χ4v) is 2.30. The van der Waals surface area contributed by atoms with E-state index in [-0.39, 0.29) is 11.9 Å². The zero-order valence-corrected chi connectivity index (χ0v) is 7.43. The van der Waals surface area contributed by atoms with Crippen molar-refractivity contribution >= 4 is 5.97 Å². The molecule has 1 heterocycles. The molecule has 0 bridgehead atoms. The van der Waals surface area contributed by atoms with Gasteiger partial charge in [0.25, 0.3) is 0 Å². The Kier molecular flexibility index (Phi) is 1.83. The van der Waals surface area contributed by atoms with Crippen LogP contribution in [-0.4, -0.2) is 26.2 Å². The molecule has 0 aromatic rings. The van der Waals surface area contributed by atoms with Crippen molar-refractivity contribution in [3.05, 3.63) is 0 Å². The van der Waals surface area contributed by atoms with Gasteiger partial charge in [-0.1, -0.05) is 0 Å². The Labute approximate surface area is 72.5 Å². The zero-order chi connectivity index (χ0) is 8.60. The summed E-state index contributed by atoms with van der Waals surface area (Å²) in [5.41, 5.74) is 0.332. The van der Waals surface area contributed by atoms with Crippen LogP contribution < -0.4 is 5.32 Å². The van der Waals surface area contributed by atoms with Crippen LogP contribution in [0.25, 0.3) is 0 Å². The van der Waals surface area contributed by atoms with Gasteiger partial charge in [0.1, 0.15) is 0 Å². The minimum atomic E-state index is -0.00287. The van der Waals surface area contributed by atoms with Crippen LogP contribution in [0.3, 0.4) is 0 Å². The summed E-state index contributed by atoms with van der Waals surface area (Å²) < 4.78 is 4.74. The molecule has 2 rings (SSSR count). The Morgan fingerprint density at radius 2 is 2.17 bits per heavy atom. The maximum absolute atomic E-state index is 11.2. The second-order valence-corrected chi connectivity index (χ2v) is 3.89. The zero-order valence-electron chi connectivity index (χ0n) is 7.43. The largest absolute Gasteiger partial charge is 0.469 e. The topological polar surface area (TPSA) is 38.3 Å². The highest BCUT2D eigenvalue weighted by molar-refractivity contribution is 5.76. The normalized spacial score (nSPS) is 31.6. The molecule has 1 N–H and O–H groups in total. The monoisotopic (exact) mass is 169 g/mol. The van der Waals surface area contributed by atoms with Gasteiger partial charge in [-0.15, -0.1) is 0 Å². The van der Waals surface area contributed by atoms with Crippen LogP contribution >= 0.6 is 0 Å². The number of piperidine rings is 1. The van der Waals surface area contributed by atoms with Gasteiger partial charge < -0.3 is 10.1 Å². The molecule has 1 saturated heterocycles. The molecule has 0 unspecified atom stereocenters. The molecule has 0 amide bonds. The lowest BCUT2D eigenvalue weighted by molar-refractivity contribution is -0.143. The lowest BCUT2D eigenvalue weighted by Gasteiger charge is -2.22. The van der Waals surface area contributed by atoms with Crippen molar-refractivity contribution in [3.8, 4) is 0 Å². The summed E-state index contributed by atoms with van der Waals surface area (Å²) in [6.07, 6.45) is 3.35. The molecule has 1 atom stereocenters. The predicted octanol–water partition coefficient (Wildman–Crippen LogP) is 0.549. The number of methoxy groups -OCH3 is 1. The average molecular weight is 169 g/mol. The van der Waals surface area contributed by atoms with Crippen LogP contribution in [0.5, 0.6) is 0 Å². The fraction of sp³-hybridized carbons (Fsp3) is 0.889. The van der Waals surface area contributed by atoms with E-state index in [0.717, 1.165) is 32.4 Å². The van der Waals surface area contributed by atoms with Gasteiger partial charge in [0.05, 0.1) is 13.0 Å². The molecule has 0 radical (unpaired) electrons. The summed E-state index contributed by atoms with van der Waals surface area (Å²) in [6, 6.07) is 0. The summed E-state index contributed by atoms with van der Waals surface area (Å²) >= 11 is 0. The molecular weight excluding hydrogens is 154 g/mol. The van der Waals surface area contributed by atoms with E-state index >= 15 is 0 Å². The average Bonchev–Trinajstić information content (AvgIpc) is 2.80. The first-order valence-electron chi connectivity index (χ1n) is 4.57. The summed E-state index contributed by atoms with van der Waals surface area (Å²) in [7, 11) is 1.48. The van der Waals surface area contributed by atoms with E-state index < -0.39 is 0 Å². The highest BCUT2D eigenvalue weighted by Gasteiger charge is 2.58. The van der Waals surface area contributed by atoms with Crippen molar-refractivity contribution in [1.29, 1.82) is 0 Å². The van der Waals surface area contributed by atoms with Crippen molar-refractivity contribution in [2.75, 3.05) is 20.2 Å². The number of carbonyl (C=O) groups excluding carboxylic acids is 1. The molecule has 2 fully saturated rings. The number of hydrogen-bond acceptors (Lipinski definition) is 3. The van der Waals surface area contributed by atoms with Gasteiger partial charge in [-0.25, -0.2) is 0 Å². The van der Waals surface area contributed by atoms with Crippen molar-refractivity contribution in [2.45, 2.75) is 19.3 Å². The second-order valence-electron chi connectivity index (χ2n) is 3.89. The first-order valence-corrected chi connectivity index (χ1v) is 4.57. The van der Waals surface area contributed by atoms with E-state index in [9.17, 15) is 4.79 Å². The molecule has 1 aliphatic carbocycles. The van der Waals surface area contributed by atoms with Crippen LogP contribution in [0, 0.1) is 11.3 Å². The van der Waals surface area contributed by atoms with E-state index in [4.69, 9.17) is 4.74 Å². The first kappa shape index (κ1) is 8.05. The minimum Gasteiger partial charge on any atom is -0.469 e. The number of esters is 1. The number of nitrogens with one attached hydrogen (secondary N) is 1. The molecule has 2 aliphatic rings. The van der Waals surface area contributed by atoms with Gasteiger partial charge >= 0.3 is 5.97 Å². The molecule has 3 heteroatoms. The van der Waals surface area contributed by atoms with Crippen LogP contribution in [0.2, 0.25) is 0 Å². The van der Waals surface area contributed by atoms with Crippen LogP contribution in [-0.2, 0) is 9.53 Å². The number of hydrogen-bond donors (Lipinski definition) is 1. The van der Waals surface area contributed by atoms with Crippen LogP contribution in [0.1, 0.15) is 19.3 Å². The molecule has 1 saturated carbocycles. The molecular formula is C9H15NO2. The Balaban J connectivity index is 1.95. The number of carbonyl (C=O) groups is 1. The van der Waals surface area contributed by atoms with Crippen molar-refractivity contribution in [3.63, 3.8) is 0 Å². The van der Waals surface area contributed by atoms with E-state index in [0.29, 0.717) is 5.41 Å². The van der Waals surface area contributed by atoms with Crippen molar-refractivity contribution in [1.82, 2.24) is 5.32 Å². The molecule has 0 aromatic heterocycles. The van der Waals surface area contributed by atoms with Crippen LogP contribution in [0.15, 0.2) is 0 Å². The minimum absolute atomic E-state index is 0.00287. The van der Waals surface area contributed by atoms with Gasteiger partial charge in [0.15, 0.2) is 0 Å². The quantitative estimate of drug-likeness (QED) is 0.582. The van der Waals surface area contributed by atoms with Gasteiger partial charge in [-0.2, -0.15) is 0 Å². The third kappa shape index (κ3) is 1.12. The Bertz CT molecular complexity index is 197. The summed E-state index contributed by atoms with van der Waals surface area (Å²) in [5.74, 6) is 0.210. The second kappa shape index (κ2) is 2.73. The third-order valence-corrected chi connectivity index (χ3v) is 3.27. The number of rotatable bonds is 1. The molecule has 12 heavy (non-hydrogen) atoms. The maximum atomic E-state index is 11.2. The van der Waals surface area contributed by atoms with E-state index in [2.05, 4.69) is 5.32 Å². The fourth-order valence-electron chi connectivity index (χ4n) is 2.30. The standard InChI is InChI=1S/C9H15NO2/c1-12-8(11)7-6-9(7)2-4-10-5-3-9/h7,10H,2-6H2,1H3/t7-/m1/s1. The van der Waals surface area contributed by atoms with Gasteiger partial charge in [0.2, 0.25) is 0 Å². The maximum Gasteiger partial charge on any atom is 0.309 e. The highest BCUT2D eigenvalue weighted by Crippen LogP contribution is 2.58. The first-order chi connectivity index (χ1) is 5.78. The van der Waals surface area contributed by atoms with Gasteiger partial charge in [-0.05, 0) is 37.8 Å². The lowest BCUT2D eigenvalue weighted by Crippen LogP contribution is -2.30. The molecule has 1 aliphatic heterocycles. The molecule has 3 nitrogen and oxygen atoms in total. The lowest BCUT2D eigenvalue weighted by atomic mass is 9.92. The smallest absolute Gasteiger partial charge is 0.309 e. The van der Waals surface area contributed by atoms with Gasteiger partial charge in [-0.3, -0.25) is 4.79 Å². The SMILES string of the molecule is COC(=O)[C@H]1CC12CCNCC2. The van der Waals surface area contributed by atoms with Crippen molar-refractivity contribution < 1.29 is 9.53 Å². The van der Waals surface area contributed by atoms with Crippen LogP contribution in [0.4, 0.5) is 0 Å². The predicted molar refractivity (Wildman–Crippen MR) is 44.7 cm³/mol. The summed E-state index contributed by atoms with van der Waals surface area (Å²) in [4.78, 5) is 11.2. The summed E-state index contributed by atoms with van der Waals surface area (Å²) in [5, 5.41) is 3.31. The van der Waals surface area contributed by atoms with Gasteiger partial charge in [0, 0.05) is 0 Å². The Hall–Kier alpha value is -0.570. The highest BCUT2D eigenvalue weighted by atomic mass is 16.5. The molecule has 68 valence electrons. The molecule has 0 aromatic carbocycles. The third-order valence-electron chi connectivity index (χ3n) is 3.27. The van der Waals surface area contributed by atoms with E-state index in [1.54, 1.807) is 0 Å². The van der Waals surface area contributed by atoms with E-state index in [1.165, 1.54) is 7.11 Å². The molecule has 1 spiro atoms. The number of ether oxygens (including phenoxy) is 1. The van der Waals surface area contributed by atoms with Crippen molar-refractivity contribution in [2.24, 2.45) is 11.3 Å². The Morgan fingerprint density at radius 1 is 1.50 bits per heavy atom. The van der Waals surface area contributed by atoms with E-state index in [1.807, 2.05) is 0 Å².